The molecule has 140 valence electrons. The van der Waals surface area contributed by atoms with Crippen molar-refractivity contribution < 1.29 is 9.53 Å². The normalized spacial score (nSPS) is 11.8. The van der Waals surface area contributed by atoms with E-state index in [0.717, 1.165) is 17.1 Å². The lowest BCUT2D eigenvalue weighted by Gasteiger charge is -2.17. The molecule has 0 unspecified atom stereocenters. The highest BCUT2D eigenvalue weighted by atomic mass is 35.5. The Morgan fingerprint density at radius 1 is 1.15 bits per heavy atom. The van der Waals surface area contributed by atoms with E-state index in [0.29, 0.717) is 33.8 Å². The highest BCUT2D eigenvalue weighted by molar-refractivity contribution is 7.98. The van der Waals surface area contributed by atoms with E-state index in [4.69, 9.17) is 39.5 Å². The second kappa shape index (κ2) is 10.9. The molecule has 0 saturated heterocycles. The number of hydrogen-bond acceptors (Lipinski definition) is 3. The summed E-state index contributed by atoms with van der Waals surface area (Å²) in [6, 6.07) is 12.6. The number of rotatable bonds is 9. The van der Waals surface area contributed by atoms with Gasteiger partial charge in [-0.05, 0) is 42.3 Å². The largest absolute Gasteiger partial charge is 0.481 e. The van der Waals surface area contributed by atoms with Gasteiger partial charge in [-0.3, -0.25) is 4.79 Å². The van der Waals surface area contributed by atoms with Crippen LogP contribution < -0.4 is 10.1 Å². The third kappa shape index (κ3) is 6.92. The lowest BCUT2D eigenvalue weighted by Crippen LogP contribution is -2.39. The van der Waals surface area contributed by atoms with Crippen LogP contribution in [0.4, 0.5) is 0 Å². The summed E-state index contributed by atoms with van der Waals surface area (Å²) < 4.78 is 5.73. The minimum Gasteiger partial charge on any atom is -0.481 e. The van der Waals surface area contributed by atoms with Crippen LogP contribution in [0.1, 0.15) is 18.9 Å². The SMILES string of the molecule is CC[C@H](Oc1cccc(Cl)c1)C(=O)NCCSCc1ccc(Cl)c(Cl)c1. The number of carbonyl (C=O) groups excluding carboxylic acids is 1. The average molecular weight is 433 g/mol. The van der Waals surface area contributed by atoms with Crippen molar-refractivity contribution in [2.75, 3.05) is 12.3 Å². The van der Waals surface area contributed by atoms with Crippen LogP contribution in [0.5, 0.6) is 5.75 Å². The highest BCUT2D eigenvalue weighted by Crippen LogP contribution is 2.24. The van der Waals surface area contributed by atoms with Crippen LogP contribution in [0.2, 0.25) is 15.1 Å². The summed E-state index contributed by atoms with van der Waals surface area (Å²) in [5, 5.41) is 4.60. The molecule has 7 heteroatoms. The first-order valence-corrected chi connectivity index (χ1v) is 10.5. The first-order chi connectivity index (χ1) is 12.5. The number of amides is 1. The molecule has 0 heterocycles. The summed E-state index contributed by atoms with van der Waals surface area (Å²) in [6.45, 7) is 2.48. The van der Waals surface area contributed by atoms with Gasteiger partial charge in [0.15, 0.2) is 6.10 Å². The van der Waals surface area contributed by atoms with Crippen molar-refractivity contribution in [3.63, 3.8) is 0 Å². The van der Waals surface area contributed by atoms with Crippen LogP contribution in [0.25, 0.3) is 0 Å². The molecule has 0 aliphatic carbocycles. The fourth-order valence-corrected chi connectivity index (χ4v) is 3.51. The molecule has 0 aliphatic heterocycles. The average Bonchev–Trinajstić information content (AvgIpc) is 2.62. The van der Waals surface area contributed by atoms with Gasteiger partial charge >= 0.3 is 0 Å². The number of thioether (sulfide) groups is 1. The fraction of sp³-hybridized carbons (Fsp3) is 0.316. The summed E-state index contributed by atoms with van der Waals surface area (Å²) >= 11 is 19.6. The number of carbonyl (C=O) groups is 1. The second-order valence-corrected chi connectivity index (χ2v) is 7.92. The van der Waals surface area contributed by atoms with Crippen LogP contribution in [-0.2, 0) is 10.5 Å². The van der Waals surface area contributed by atoms with Gasteiger partial charge in [0, 0.05) is 23.1 Å². The first-order valence-electron chi connectivity index (χ1n) is 8.21. The Morgan fingerprint density at radius 3 is 2.65 bits per heavy atom. The number of nitrogens with one attached hydrogen (secondary N) is 1. The topological polar surface area (TPSA) is 38.3 Å². The zero-order valence-corrected chi connectivity index (χ0v) is 17.4. The molecule has 0 bridgehead atoms. The van der Waals surface area contributed by atoms with Gasteiger partial charge in [-0.15, -0.1) is 0 Å². The van der Waals surface area contributed by atoms with Crippen molar-refractivity contribution in [1.29, 1.82) is 0 Å². The van der Waals surface area contributed by atoms with E-state index in [9.17, 15) is 4.79 Å². The van der Waals surface area contributed by atoms with Crippen molar-refractivity contribution in [2.45, 2.75) is 25.2 Å². The van der Waals surface area contributed by atoms with E-state index in [1.807, 2.05) is 19.1 Å². The van der Waals surface area contributed by atoms with Crippen molar-refractivity contribution in [1.82, 2.24) is 5.32 Å². The number of benzene rings is 2. The molecule has 0 aromatic heterocycles. The van der Waals surface area contributed by atoms with Gasteiger partial charge in [-0.1, -0.05) is 53.9 Å². The smallest absolute Gasteiger partial charge is 0.261 e. The van der Waals surface area contributed by atoms with E-state index in [1.165, 1.54) is 0 Å². The van der Waals surface area contributed by atoms with E-state index in [-0.39, 0.29) is 5.91 Å². The van der Waals surface area contributed by atoms with Crippen molar-refractivity contribution in [2.24, 2.45) is 0 Å². The Bertz CT molecular complexity index is 742. The maximum absolute atomic E-state index is 12.3. The molecule has 1 atom stereocenters. The summed E-state index contributed by atoms with van der Waals surface area (Å²) in [5.41, 5.74) is 1.10. The lowest BCUT2D eigenvalue weighted by molar-refractivity contribution is -0.127. The molecule has 0 saturated carbocycles. The van der Waals surface area contributed by atoms with Crippen LogP contribution in [0.15, 0.2) is 42.5 Å². The molecular formula is C19H20Cl3NO2S. The Labute approximate surface area is 173 Å². The fourth-order valence-electron chi connectivity index (χ4n) is 2.21. The maximum Gasteiger partial charge on any atom is 0.261 e. The number of ether oxygens (including phenoxy) is 1. The van der Waals surface area contributed by atoms with Gasteiger partial charge in [-0.2, -0.15) is 11.8 Å². The lowest BCUT2D eigenvalue weighted by atomic mass is 10.2. The molecule has 0 spiro atoms. The van der Waals surface area contributed by atoms with E-state index >= 15 is 0 Å². The Morgan fingerprint density at radius 2 is 1.96 bits per heavy atom. The van der Waals surface area contributed by atoms with Crippen LogP contribution in [0.3, 0.4) is 0 Å². The number of halogens is 3. The van der Waals surface area contributed by atoms with Crippen molar-refractivity contribution >= 4 is 52.5 Å². The van der Waals surface area contributed by atoms with Crippen molar-refractivity contribution in [3.05, 3.63) is 63.1 Å². The molecule has 2 aromatic rings. The molecule has 0 fully saturated rings. The zero-order chi connectivity index (χ0) is 18.9. The van der Waals surface area contributed by atoms with E-state index in [2.05, 4.69) is 5.32 Å². The highest BCUT2D eigenvalue weighted by Gasteiger charge is 2.17. The summed E-state index contributed by atoms with van der Waals surface area (Å²) in [4.78, 5) is 12.3. The van der Waals surface area contributed by atoms with Gasteiger partial charge in [-0.25, -0.2) is 0 Å². The Hall–Kier alpha value is -1.07. The third-order valence-electron chi connectivity index (χ3n) is 3.54. The van der Waals surface area contributed by atoms with E-state index < -0.39 is 6.10 Å². The summed E-state index contributed by atoms with van der Waals surface area (Å²) in [5.74, 6) is 2.07. The van der Waals surface area contributed by atoms with Gasteiger partial charge in [0.2, 0.25) is 0 Å². The standard InChI is InChI=1S/C19H20Cl3NO2S/c1-2-18(25-15-5-3-4-14(20)11-15)19(24)23-8-9-26-12-13-6-7-16(21)17(22)10-13/h3-7,10-11,18H,2,8-9,12H2,1H3,(H,23,24)/t18-/m0/s1. The molecule has 26 heavy (non-hydrogen) atoms. The van der Waals surface area contributed by atoms with E-state index in [1.54, 1.807) is 42.1 Å². The molecule has 1 N–H and O–H groups in total. The molecule has 3 nitrogen and oxygen atoms in total. The summed E-state index contributed by atoms with van der Waals surface area (Å²) in [7, 11) is 0. The third-order valence-corrected chi connectivity index (χ3v) is 5.54. The zero-order valence-electron chi connectivity index (χ0n) is 14.3. The molecule has 2 rings (SSSR count). The van der Waals surface area contributed by atoms with Crippen LogP contribution >= 0.6 is 46.6 Å². The molecule has 0 radical (unpaired) electrons. The maximum atomic E-state index is 12.3. The first kappa shape index (κ1) is 21.2. The molecule has 0 aliphatic rings. The molecular weight excluding hydrogens is 413 g/mol. The number of hydrogen-bond donors (Lipinski definition) is 1. The Kier molecular flexibility index (Phi) is 8.93. The van der Waals surface area contributed by atoms with Gasteiger partial charge < -0.3 is 10.1 Å². The van der Waals surface area contributed by atoms with Crippen LogP contribution in [-0.4, -0.2) is 24.3 Å². The van der Waals surface area contributed by atoms with Gasteiger partial charge in [0.1, 0.15) is 5.75 Å². The predicted molar refractivity (Wildman–Crippen MR) is 112 cm³/mol. The Balaban J connectivity index is 1.71. The molecule has 2 aromatic carbocycles. The quantitative estimate of drug-likeness (QED) is 0.505. The predicted octanol–water partition coefficient (Wildman–Crippen LogP) is 5.85. The summed E-state index contributed by atoms with van der Waals surface area (Å²) in [6.07, 6.45) is 0.0444. The minimum absolute atomic E-state index is 0.123. The second-order valence-electron chi connectivity index (χ2n) is 5.56. The van der Waals surface area contributed by atoms with Gasteiger partial charge in [0.25, 0.3) is 5.91 Å². The molecule has 1 amide bonds. The monoisotopic (exact) mass is 431 g/mol. The van der Waals surface area contributed by atoms with Crippen LogP contribution in [0, 0.1) is 0 Å². The minimum atomic E-state index is -0.534. The van der Waals surface area contributed by atoms with Crippen molar-refractivity contribution in [3.8, 4) is 5.75 Å². The van der Waals surface area contributed by atoms with Gasteiger partial charge in [0.05, 0.1) is 10.0 Å².